The third kappa shape index (κ3) is 3.20. The summed E-state index contributed by atoms with van der Waals surface area (Å²) in [6.07, 6.45) is 5.64. The number of nitrogens with one attached hydrogen (secondary N) is 1. The van der Waals surface area contributed by atoms with Crippen LogP contribution in [0.15, 0.2) is 51.9 Å². The molecule has 7 heteroatoms. The summed E-state index contributed by atoms with van der Waals surface area (Å²) in [7, 11) is 0. The molecule has 0 spiro atoms. The van der Waals surface area contributed by atoms with Crippen LogP contribution < -0.4 is 10.9 Å². The van der Waals surface area contributed by atoms with Crippen molar-refractivity contribution < 1.29 is 9.21 Å². The lowest BCUT2D eigenvalue weighted by atomic mass is 9.87. The Bertz CT molecular complexity index is 1300. The number of aryl methyl sites for hydroxylation is 3. The molecule has 1 aromatic carbocycles. The van der Waals surface area contributed by atoms with Gasteiger partial charge in [0.25, 0.3) is 5.56 Å². The second-order valence-electron chi connectivity index (χ2n) is 7.93. The number of furan rings is 1. The van der Waals surface area contributed by atoms with Gasteiger partial charge in [-0.05, 0) is 43.7 Å². The maximum absolute atomic E-state index is 12.8. The molecule has 0 bridgehead atoms. The Hall–Kier alpha value is -3.35. The molecule has 0 saturated carbocycles. The Labute approximate surface area is 173 Å². The minimum atomic E-state index is -0.173. The van der Waals surface area contributed by atoms with E-state index in [4.69, 9.17) is 4.42 Å². The fourth-order valence-electron chi connectivity index (χ4n) is 4.54. The zero-order chi connectivity index (χ0) is 20.7. The van der Waals surface area contributed by atoms with Crippen LogP contribution in [0.4, 0.5) is 0 Å². The molecular weight excluding hydrogens is 380 g/mol. The Balaban J connectivity index is 1.26. The van der Waals surface area contributed by atoms with E-state index in [-0.39, 0.29) is 17.5 Å². The summed E-state index contributed by atoms with van der Waals surface area (Å²) in [5, 5.41) is 7.61. The van der Waals surface area contributed by atoms with Crippen molar-refractivity contribution in [3.05, 3.63) is 70.0 Å². The van der Waals surface area contributed by atoms with Crippen molar-refractivity contribution in [1.82, 2.24) is 19.5 Å². The molecule has 4 aromatic rings. The number of carbonyl (C=O) groups excluding carboxylic acids is 1. The van der Waals surface area contributed by atoms with Crippen molar-refractivity contribution in [2.24, 2.45) is 0 Å². The van der Waals surface area contributed by atoms with Gasteiger partial charge in [-0.15, -0.1) is 0 Å². The van der Waals surface area contributed by atoms with Gasteiger partial charge in [0, 0.05) is 25.1 Å². The number of hydrogen-bond acceptors (Lipinski definition) is 4. The van der Waals surface area contributed by atoms with Crippen molar-refractivity contribution in [2.75, 3.05) is 0 Å². The van der Waals surface area contributed by atoms with Crippen molar-refractivity contribution in [3.8, 4) is 0 Å². The lowest BCUT2D eigenvalue weighted by Crippen LogP contribution is -2.31. The molecule has 1 N–H and O–H groups in total. The van der Waals surface area contributed by atoms with E-state index >= 15 is 0 Å². The van der Waals surface area contributed by atoms with Crippen LogP contribution in [-0.2, 0) is 17.8 Å². The smallest absolute Gasteiger partial charge is 0.291 e. The van der Waals surface area contributed by atoms with E-state index in [1.165, 1.54) is 15.8 Å². The van der Waals surface area contributed by atoms with Crippen molar-refractivity contribution in [3.63, 3.8) is 0 Å². The number of hydrogen-bond donors (Lipinski definition) is 1. The fourth-order valence-corrected chi connectivity index (χ4v) is 4.54. The van der Waals surface area contributed by atoms with Gasteiger partial charge in [0.2, 0.25) is 5.91 Å². The topological polar surface area (TPSA) is 81.5 Å². The van der Waals surface area contributed by atoms with E-state index in [1.807, 2.05) is 23.5 Å². The summed E-state index contributed by atoms with van der Waals surface area (Å²) < 4.78 is 8.67. The fraction of sp³-hybridized carbons (Fsp3) is 0.348. The third-order valence-corrected chi connectivity index (χ3v) is 5.94. The molecule has 0 saturated heterocycles. The van der Waals surface area contributed by atoms with Crippen LogP contribution in [0.5, 0.6) is 0 Å². The molecule has 0 aliphatic heterocycles. The lowest BCUT2D eigenvalue weighted by Gasteiger charge is -2.26. The highest BCUT2D eigenvalue weighted by atomic mass is 16.3. The van der Waals surface area contributed by atoms with Crippen LogP contribution in [0.25, 0.3) is 16.6 Å². The largest absolute Gasteiger partial charge is 0.463 e. The summed E-state index contributed by atoms with van der Waals surface area (Å²) in [5.41, 5.74) is 4.43. The van der Waals surface area contributed by atoms with Crippen LogP contribution in [-0.4, -0.2) is 20.1 Å². The molecule has 1 aliphatic carbocycles. The standard InChI is InChI=1S/C23H24N4O3/c1-15-25-26(23(29)20-14-21-19(27(15)20)11-13-30-21)12-5-10-22(28)24-18-9-4-7-16-6-2-3-8-17(16)18/h2-3,6,8,11,13-14,18H,4-5,7,9-10,12H2,1H3,(H,24,28)/t18-/m1/s1. The molecule has 0 radical (unpaired) electrons. The average molecular weight is 404 g/mol. The summed E-state index contributed by atoms with van der Waals surface area (Å²) >= 11 is 0. The van der Waals surface area contributed by atoms with Gasteiger partial charge in [0.15, 0.2) is 5.58 Å². The Morgan fingerprint density at radius 1 is 1.27 bits per heavy atom. The Kier molecular flexibility index (Phi) is 4.65. The maximum atomic E-state index is 12.8. The van der Waals surface area contributed by atoms with E-state index in [1.54, 1.807) is 12.3 Å². The van der Waals surface area contributed by atoms with Gasteiger partial charge in [0.1, 0.15) is 11.3 Å². The molecule has 1 atom stereocenters. The highest BCUT2D eigenvalue weighted by Gasteiger charge is 2.21. The summed E-state index contributed by atoms with van der Waals surface area (Å²) in [6.45, 7) is 2.26. The van der Waals surface area contributed by atoms with Gasteiger partial charge < -0.3 is 9.73 Å². The molecule has 1 aliphatic rings. The minimum absolute atomic E-state index is 0.0164. The molecule has 1 amide bonds. The number of fused-ring (bicyclic) bond motifs is 4. The first kappa shape index (κ1) is 18.7. The molecule has 30 heavy (non-hydrogen) atoms. The summed E-state index contributed by atoms with van der Waals surface area (Å²) in [6, 6.07) is 12.0. The van der Waals surface area contributed by atoms with Gasteiger partial charge >= 0.3 is 0 Å². The zero-order valence-corrected chi connectivity index (χ0v) is 16.9. The molecule has 3 aromatic heterocycles. The van der Waals surface area contributed by atoms with Crippen LogP contribution in [0.3, 0.4) is 0 Å². The monoisotopic (exact) mass is 404 g/mol. The molecular formula is C23H24N4O3. The molecule has 3 heterocycles. The van der Waals surface area contributed by atoms with E-state index in [2.05, 4.69) is 28.6 Å². The first-order valence-electron chi connectivity index (χ1n) is 10.5. The molecule has 5 rings (SSSR count). The van der Waals surface area contributed by atoms with Crippen LogP contribution in [0, 0.1) is 6.92 Å². The Morgan fingerprint density at radius 3 is 3.03 bits per heavy atom. The van der Waals surface area contributed by atoms with Gasteiger partial charge in [-0.1, -0.05) is 24.3 Å². The van der Waals surface area contributed by atoms with Crippen LogP contribution in [0.1, 0.15) is 48.7 Å². The van der Waals surface area contributed by atoms with Gasteiger partial charge in [-0.3, -0.25) is 14.0 Å². The number of nitrogens with zero attached hydrogens (tertiary/aromatic N) is 3. The number of carbonyl (C=O) groups is 1. The van der Waals surface area contributed by atoms with Crippen LogP contribution in [0.2, 0.25) is 0 Å². The molecule has 0 fully saturated rings. The predicted molar refractivity (Wildman–Crippen MR) is 113 cm³/mol. The highest BCUT2D eigenvalue weighted by molar-refractivity contribution is 5.82. The molecule has 7 nitrogen and oxygen atoms in total. The van der Waals surface area contributed by atoms with Crippen LogP contribution >= 0.6 is 0 Å². The normalized spacial score (nSPS) is 16.1. The Morgan fingerprint density at radius 2 is 2.13 bits per heavy atom. The highest BCUT2D eigenvalue weighted by Crippen LogP contribution is 2.29. The zero-order valence-electron chi connectivity index (χ0n) is 16.9. The average Bonchev–Trinajstić information content (AvgIpc) is 3.33. The van der Waals surface area contributed by atoms with Gasteiger partial charge in [-0.2, -0.15) is 5.10 Å². The van der Waals surface area contributed by atoms with Gasteiger partial charge in [0.05, 0.1) is 17.8 Å². The number of aromatic nitrogens is 3. The third-order valence-electron chi connectivity index (χ3n) is 5.94. The van der Waals surface area contributed by atoms with Gasteiger partial charge in [-0.25, -0.2) is 4.68 Å². The van der Waals surface area contributed by atoms with E-state index in [0.29, 0.717) is 36.3 Å². The summed E-state index contributed by atoms with van der Waals surface area (Å²) in [4.78, 5) is 25.3. The number of rotatable bonds is 5. The first-order valence-corrected chi connectivity index (χ1v) is 10.5. The molecule has 154 valence electrons. The van der Waals surface area contributed by atoms with Crippen molar-refractivity contribution >= 4 is 22.5 Å². The van der Waals surface area contributed by atoms with Crippen molar-refractivity contribution in [2.45, 2.75) is 51.6 Å². The van der Waals surface area contributed by atoms with Crippen molar-refractivity contribution in [1.29, 1.82) is 0 Å². The molecule has 0 unspecified atom stereocenters. The second kappa shape index (κ2) is 7.48. The van der Waals surface area contributed by atoms with E-state index in [0.717, 1.165) is 24.8 Å². The summed E-state index contributed by atoms with van der Waals surface area (Å²) in [5.74, 6) is 0.729. The SMILES string of the molecule is Cc1nn(CCCC(=O)N[C@@H]2CCCc3ccccc32)c(=O)c2cc3occc3n12. The quantitative estimate of drug-likeness (QED) is 0.552. The van der Waals surface area contributed by atoms with E-state index in [9.17, 15) is 9.59 Å². The lowest BCUT2D eigenvalue weighted by molar-refractivity contribution is -0.122. The number of amides is 1. The first-order chi connectivity index (χ1) is 14.6. The minimum Gasteiger partial charge on any atom is -0.463 e. The number of benzene rings is 1. The second-order valence-corrected chi connectivity index (χ2v) is 7.93. The van der Waals surface area contributed by atoms with E-state index < -0.39 is 0 Å². The maximum Gasteiger partial charge on any atom is 0.291 e. The predicted octanol–water partition coefficient (Wildman–Crippen LogP) is 3.52.